The molecule has 0 radical (unpaired) electrons. The van der Waals surface area contributed by atoms with Crippen LogP contribution in [-0.4, -0.2) is 4.98 Å². The summed E-state index contributed by atoms with van der Waals surface area (Å²) in [7, 11) is 0. The summed E-state index contributed by atoms with van der Waals surface area (Å²) >= 11 is 0. The molecule has 0 fully saturated rings. The van der Waals surface area contributed by atoms with Crippen LogP contribution in [0.2, 0.25) is 0 Å². The number of oxazole rings is 1. The molecule has 1 N–H and O–H groups in total. The van der Waals surface area contributed by atoms with Crippen molar-refractivity contribution in [2.24, 2.45) is 0 Å². The van der Waals surface area contributed by atoms with E-state index in [9.17, 15) is 0 Å². The van der Waals surface area contributed by atoms with Crippen LogP contribution >= 0.6 is 0 Å². The number of nitrogens with one attached hydrogen (secondary N) is 1. The number of benzene rings is 3. The Kier molecular flexibility index (Phi) is 6.22. The number of anilines is 1. The summed E-state index contributed by atoms with van der Waals surface area (Å²) in [6.07, 6.45) is 0. The first-order valence-corrected chi connectivity index (χ1v) is 11.0. The quantitative estimate of drug-likeness (QED) is 0.337. The van der Waals surface area contributed by atoms with Gasteiger partial charge in [0.05, 0.1) is 6.54 Å². The Morgan fingerprint density at radius 1 is 0.710 bits per heavy atom. The zero-order valence-electron chi connectivity index (χ0n) is 18.7. The molecule has 4 aromatic rings. The third kappa shape index (κ3) is 4.56. The summed E-state index contributed by atoms with van der Waals surface area (Å²) in [6, 6.07) is 26.9. The van der Waals surface area contributed by atoms with Gasteiger partial charge in [0.15, 0.2) is 5.76 Å². The molecule has 0 amide bonds. The Morgan fingerprint density at radius 2 is 1.26 bits per heavy atom. The highest BCUT2D eigenvalue weighted by molar-refractivity contribution is 5.66. The first kappa shape index (κ1) is 20.9. The molecule has 0 saturated heterocycles. The summed E-state index contributed by atoms with van der Waals surface area (Å²) in [5, 5.41) is 3.71. The minimum absolute atomic E-state index is 0.437. The van der Waals surface area contributed by atoms with E-state index in [0.29, 0.717) is 24.3 Å². The number of hydrogen-bond acceptors (Lipinski definition) is 3. The van der Waals surface area contributed by atoms with Gasteiger partial charge in [-0.1, -0.05) is 94.4 Å². The molecule has 31 heavy (non-hydrogen) atoms. The van der Waals surface area contributed by atoms with Crippen LogP contribution in [-0.2, 0) is 6.54 Å². The largest absolute Gasteiger partial charge is 0.436 e. The van der Waals surface area contributed by atoms with Crippen LogP contribution in [0, 0.1) is 0 Å². The Labute approximate surface area is 185 Å². The van der Waals surface area contributed by atoms with Gasteiger partial charge in [0, 0.05) is 16.8 Å². The summed E-state index contributed by atoms with van der Waals surface area (Å²) in [4.78, 5) is 4.89. The lowest BCUT2D eigenvalue weighted by molar-refractivity contribution is 0.587. The second kappa shape index (κ2) is 9.22. The molecular weight excluding hydrogens is 380 g/mol. The van der Waals surface area contributed by atoms with Crippen molar-refractivity contribution in [2.45, 2.75) is 46.1 Å². The molecule has 0 spiro atoms. The second-order valence-electron chi connectivity index (χ2n) is 8.50. The Hall–Kier alpha value is -3.33. The number of para-hydroxylation sites is 1. The van der Waals surface area contributed by atoms with E-state index in [1.165, 1.54) is 16.8 Å². The molecule has 0 atom stereocenters. The molecule has 3 aromatic carbocycles. The van der Waals surface area contributed by atoms with Crippen molar-refractivity contribution in [2.75, 3.05) is 5.32 Å². The molecule has 158 valence electrons. The van der Waals surface area contributed by atoms with E-state index in [2.05, 4.69) is 63.3 Å². The topological polar surface area (TPSA) is 38.1 Å². The van der Waals surface area contributed by atoms with Gasteiger partial charge in [-0.05, 0) is 35.1 Å². The normalized spacial score (nSPS) is 11.3. The van der Waals surface area contributed by atoms with Crippen molar-refractivity contribution in [3.63, 3.8) is 0 Å². The average Bonchev–Trinajstić information content (AvgIpc) is 3.22. The summed E-state index contributed by atoms with van der Waals surface area (Å²) in [5.74, 6) is 2.34. The highest BCUT2D eigenvalue weighted by atomic mass is 16.4. The van der Waals surface area contributed by atoms with Gasteiger partial charge in [-0.25, -0.2) is 4.98 Å². The van der Waals surface area contributed by atoms with Crippen LogP contribution in [0.3, 0.4) is 0 Å². The maximum Gasteiger partial charge on any atom is 0.227 e. The fourth-order valence-corrected chi connectivity index (χ4v) is 3.92. The van der Waals surface area contributed by atoms with Crippen LogP contribution in [0.5, 0.6) is 0 Å². The van der Waals surface area contributed by atoms with E-state index >= 15 is 0 Å². The van der Waals surface area contributed by atoms with Crippen molar-refractivity contribution in [3.05, 3.63) is 95.7 Å². The van der Waals surface area contributed by atoms with E-state index in [4.69, 9.17) is 9.40 Å². The van der Waals surface area contributed by atoms with Gasteiger partial charge < -0.3 is 9.73 Å². The van der Waals surface area contributed by atoms with Crippen molar-refractivity contribution < 1.29 is 4.42 Å². The second-order valence-corrected chi connectivity index (χ2v) is 8.50. The van der Waals surface area contributed by atoms with Gasteiger partial charge in [-0.2, -0.15) is 0 Å². The maximum absolute atomic E-state index is 6.28. The minimum Gasteiger partial charge on any atom is -0.436 e. The molecule has 1 aromatic heterocycles. The zero-order valence-corrected chi connectivity index (χ0v) is 18.7. The minimum atomic E-state index is 0.437. The van der Waals surface area contributed by atoms with Gasteiger partial charge in [0.1, 0.15) is 5.69 Å². The molecule has 4 rings (SSSR count). The average molecular weight is 411 g/mol. The zero-order chi connectivity index (χ0) is 21.8. The first-order valence-electron chi connectivity index (χ1n) is 11.0. The number of rotatable bonds is 7. The summed E-state index contributed by atoms with van der Waals surface area (Å²) in [5.41, 5.74) is 6.82. The van der Waals surface area contributed by atoms with Crippen LogP contribution in [0.1, 0.15) is 56.4 Å². The number of nitrogens with zero attached hydrogens (tertiary/aromatic N) is 1. The lowest BCUT2D eigenvalue weighted by Gasteiger charge is -2.20. The predicted octanol–water partition coefficient (Wildman–Crippen LogP) is 7.87. The SMILES string of the molecule is CC(C)c1cccc(C(C)C)c1NCc1nc(-c2ccccc2)oc1-c1ccccc1. The predicted molar refractivity (Wildman–Crippen MR) is 129 cm³/mol. The molecular formula is C28H30N2O. The van der Waals surface area contributed by atoms with Gasteiger partial charge in [-0.3, -0.25) is 0 Å². The molecule has 0 aliphatic rings. The smallest absolute Gasteiger partial charge is 0.227 e. The lowest BCUT2D eigenvalue weighted by Crippen LogP contribution is -2.08. The molecule has 0 aliphatic heterocycles. The monoisotopic (exact) mass is 410 g/mol. The molecule has 0 aliphatic carbocycles. The van der Waals surface area contributed by atoms with Crippen LogP contribution in [0.15, 0.2) is 83.3 Å². The fourth-order valence-electron chi connectivity index (χ4n) is 3.92. The van der Waals surface area contributed by atoms with E-state index in [1.807, 2.05) is 48.5 Å². The maximum atomic E-state index is 6.28. The van der Waals surface area contributed by atoms with Crippen LogP contribution < -0.4 is 5.32 Å². The molecule has 0 saturated carbocycles. The third-order valence-corrected chi connectivity index (χ3v) is 5.56. The van der Waals surface area contributed by atoms with Crippen molar-refractivity contribution in [1.29, 1.82) is 0 Å². The Balaban J connectivity index is 1.73. The molecule has 0 bridgehead atoms. The van der Waals surface area contributed by atoms with Crippen molar-refractivity contribution >= 4 is 5.69 Å². The Bertz CT molecular complexity index is 1100. The van der Waals surface area contributed by atoms with Gasteiger partial charge >= 0.3 is 0 Å². The van der Waals surface area contributed by atoms with Crippen molar-refractivity contribution in [1.82, 2.24) is 4.98 Å². The van der Waals surface area contributed by atoms with Crippen LogP contribution in [0.25, 0.3) is 22.8 Å². The van der Waals surface area contributed by atoms with Crippen LogP contribution in [0.4, 0.5) is 5.69 Å². The van der Waals surface area contributed by atoms with E-state index in [0.717, 1.165) is 22.6 Å². The molecule has 1 heterocycles. The number of aromatic nitrogens is 1. The van der Waals surface area contributed by atoms with Crippen molar-refractivity contribution in [3.8, 4) is 22.8 Å². The Morgan fingerprint density at radius 3 is 1.81 bits per heavy atom. The highest BCUT2D eigenvalue weighted by Crippen LogP contribution is 2.34. The third-order valence-electron chi connectivity index (χ3n) is 5.56. The highest BCUT2D eigenvalue weighted by Gasteiger charge is 2.18. The fraction of sp³-hybridized carbons (Fsp3) is 0.250. The molecule has 3 heteroatoms. The van der Waals surface area contributed by atoms with Gasteiger partial charge in [0.25, 0.3) is 0 Å². The first-order chi connectivity index (χ1) is 15.0. The van der Waals surface area contributed by atoms with E-state index in [1.54, 1.807) is 0 Å². The lowest BCUT2D eigenvalue weighted by atomic mass is 9.92. The summed E-state index contributed by atoms with van der Waals surface area (Å²) < 4.78 is 6.28. The molecule has 3 nitrogen and oxygen atoms in total. The summed E-state index contributed by atoms with van der Waals surface area (Å²) in [6.45, 7) is 9.56. The van der Waals surface area contributed by atoms with Gasteiger partial charge in [-0.15, -0.1) is 0 Å². The van der Waals surface area contributed by atoms with Gasteiger partial charge in [0.2, 0.25) is 5.89 Å². The van der Waals surface area contributed by atoms with E-state index < -0.39 is 0 Å². The number of hydrogen-bond donors (Lipinski definition) is 1. The molecule has 0 unspecified atom stereocenters. The van der Waals surface area contributed by atoms with E-state index in [-0.39, 0.29) is 0 Å². The standard InChI is InChI=1S/C28H30N2O/c1-19(2)23-16-11-17-24(20(3)4)26(23)29-18-25-27(21-12-7-5-8-13-21)31-28(30-25)22-14-9-6-10-15-22/h5-17,19-20,29H,18H2,1-4H3.